The Kier molecular flexibility index (Phi) is 4.65. The smallest absolute Gasteiger partial charge is 0.336 e. The van der Waals surface area contributed by atoms with E-state index in [1.54, 1.807) is 30.3 Å². The van der Waals surface area contributed by atoms with Gasteiger partial charge in [-0.15, -0.1) is 0 Å². The first-order chi connectivity index (χ1) is 7.94. The number of carbonyl (C=O) groups excluding carboxylic acids is 1. The lowest BCUT2D eigenvalue weighted by Gasteiger charge is -2.10. The van der Waals surface area contributed by atoms with Crippen LogP contribution in [0.1, 0.15) is 12.5 Å². The summed E-state index contributed by atoms with van der Waals surface area (Å²) in [6, 6.07) is 8.59. The minimum Gasteiger partial charge on any atom is -0.467 e. The normalized spacial score (nSPS) is 13.1. The van der Waals surface area contributed by atoms with E-state index in [4.69, 9.17) is 4.18 Å². The third kappa shape index (κ3) is 4.54. The van der Waals surface area contributed by atoms with Gasteiger partial charge in [0.25, 0.3) is 10.1 Å². The van der Waals surface area contributed by atoms with E-state index in [0.717, 1.165) is 0 Å². The molecule has 6 heteroatoms. The molecule has 0 unspecified atom stereocenters. The maximum atomic E-state index is 11.6. The van der Waals surface area contributed by atoms with Gasteiger partial charge in [0, 0.05) is 0 Å². The summed E-state index contributed by atoms with van der Waals surface area (Å²) in [5.41, 5.74) is 0.601. The number of hydrogen-bond donors (Lipinski definition) is 0. The summed E-state index contributed by atoms with van der Waals surface area (Å²) >= 11 is 0. The highest BCUT2D eigenvalue weighted by molar-refractivity contribution is 7.85. The number of methoxy groups -OCH3 is 1. The predicted molar refractivity (Wildman–Crippen MR) is 61.6 cm³/mol. The molecule has 0 aliphatic heterocycles. The van der Waals surface area contributed by atoms with Gasteiger partial charge in [0.1, 0.15) is 5.75 Å². The van der Waals surface area contributed by atoms with Gasteiger partial charge in [-0.25, -0.2) is 4.79 Å². The molecule has 1 aromatic carbocycles. The van der Waals surface area contributed by atoms with E-state index in [9.17, 15) is 13.2 Å². The first-order valence-electron chi connectivity index (χ1n) is 4.97. The molecule has 0 aliphatic rings. The molecule has 0 aromatic heterocycles. The highest BCUT2D eigenvalue weighted by Crippen LogP contribution is 2.10. The lowest BCUT2D eigenvalue weighted by Crippen LogP contribution is -2.26. The monoisotopic (exact) mass is 258 g/mol. The fourth-order valence-electron chi connectivity index (χ4n) is 1.24. The molecule has 0 fully saturated rings. The summed E-state index contributed by atoms with van der Waals surface area (Å²) in [7, 11) is -2.62. The van der Waals surface area contributed by atoms with E-state index in [-0.39, 0.29) is 5.75 Å². The van der Waals surface area contributed by atoms with Crippen LogP contribution in [0.2, 0.25) is 0 Å². The van der Waals surface area contributed by atoms with Gasteiger partial charge in [-0.1, -0.05) is 30.3 Å². The molecule has 0 radical (unpaired) electrons. The number of esters is 1. The maximum Gasteiger partial charge on any atom is 0.336 e. The van der Waals surface area contributed by atoms with Crippen LogP contribution in [0.4, 0.5) is 0 Å². The van der Waals surface area contributed by atoms with Gasteiger partial charge in [0.15, 0.2) is 6.10 Å². The topological polar surface area (TPSA) is 69.7 Å². The molecule has 0 N–H and O–H groups in total. The average molecular weight is 258 g/mol. The summed E-state index contributed by atoms with van der Waals surface area (Å²) in [6.07, 6.45) is -1.13. The molecule has 1 rings (SSSR count). The zero-order valence-electron chi connectivity index (χ0n) is 9.62. The molecule has 0 saturated heterocycles. The molecule has 0 aliphatic carbocycles. The van der Waals surface area contributed by atoms with Crippen molar-refractivity contribution in [2.75, 3.05) is 7.11 Å². The van der Waals surface area contributed by atoms with Crippen molar-refractivity contribution in [1.82, 2.24) is 0 Å². The number of benzene rings is 1. The van der Waals surface area contributed by atoms with Gasteiger partial charge in [-0.05, 0) is 12.5 Å². The number of carbonyl (C=O) groups is 1. The van der Waals surface area contributed by atoms with Gasteiger partial charge in [0.2, 0.25) is 0 Å². The van der Waals surface area contributed by atoms with E-state index in [0.29, 0.717) is 5.56 Å². The minimum absolute atomic E-state index is 0.269. The fourth-order valence-corrected chi connectivity index (χ4v) is 2.42. The largest absolute Gasteiger partial charge is 0.467 e. The van der Waals surface area contributed by atoms with Crippen LogP contribution in [0.15, 0.2) is 30.3 Å². The van der Waals surface area contributed by atoms with Crippen molar-refractivity contribution in [3.8, 4) is 0 Å². The summed E-state index contributed by atoms with van der Waals surface area (Å²) in [5, 5.41) is 0. The molecule has 0 heterocycles. The Morgan fingerprint density at radius 2 is 1.88 bits per heavy atom. The summed E-state index contributed by atoms with van der Waals surface area (Å²) in [5.74, 6) is -0.989. The van der Waals surface area contributed by atoms with Crippen molar-refractivity contribution in [2.24, 2.45) is 0 Å². The summed E-state index contributed by atoms with van der Waals surface area (Å²) < 4.78 is 32.3. The van der Waals surface area contributed by atoms with Crippen molar-refractivity contribution in [3.63, 3.8) is 0 Å². The molecular formula is C11H14O5S. The van der Waals surface area contributed by atoms with Crippen LogP contribution in [0.3, 0.4) is 0 Å². The molecule has 0 bridgehead atoms. The van der Waals surface area contributed by atoms with Crippen LogP contribution in [0.25, 0.3) is 0 Å². The first kappa shape index (κ1) is 13.7. The number of rotatable bonds is 5. The Hall–Kier alpha value is -1.40. The van der Waals surface area contributed by atoms with Crippen LogP contribution in [-0.2, 0) is 29.6 Å². The predicted octanol–water partition coefficient (Wildman–Crippen LogP) is 1.09. The molecule has 0 saturated carbocycles. The van der Waals surface area contributed by atoms with Crippen LogP contribution >= 0.6 is 0 Å². The zero-order valence-corrected chi connectivity index (χ0v) is 10.4. The first-order valence-corrected chi connectivity index (χ1v) is 6.55. The molecule has 94 valence electrons. The van der Waals surface area contributed by atoms with Crippen LogP contribution in [0.5, 0.6) is 0 Å². The van der Waals surface area contributed by atoms with Gasteiger partial charge < -0.3 is 4.74 Å². The number of hydrogen-bond acceptors (Lipinski definition) is 5. The van der Waals surface area contributed by atoms with Gasteiger partial charge in [-0.3, -0.25) is 4.18 Å². The van der Waals surface area contributed by atoms with Crippen LogP contribution < -0.4 is 0 Å². The van der Waals surface area contributed by atoms with Crippen molar-refractivity contribution < 1.29 is 22.1 Å². The standard InChI is InChI=1S/C11H14O5S/c1-9(11(12)15-2)16-17(13,14)8-10-6-4-3-5-7-10/h3-7,9H,8H2,1-2H3/t9-/m0/s1. The fraction of sp³-hybridized carbons (Fsp3) is 0.364. The van der Waals surface area contributed by atoms with Crippen LogP contribution in [0, 0.1) is 0 Å². The SMILES string of the molecule is COC(=O)[C@H](C)OS(=O)(=O)Cc1ccccc1. The molecule has 1 atom stereocenters. The second kappa shape index (κ2) is 5.79. The lowest BCUT2D eigenvalue weighted by atomic mass is 10.2. The summed E-state index contributed by atoms with van der Waals surface area (Å²) in [6.45, 7) is 1.33. The van der Waals surface area contributed by atoms with Gasteiger partial charge >= 0.3 is 5.97 Å². The molecule has 1 aromatic rings. The lowest BCUT2D eigenvalue weighted by molar-refractivity contribution is -0.147. The Balaban J connectivity index is 2.67. The third-order valence-corrected chi connectivity index (χ3v) is 3.28. The van der Waals surface area contributed by atoms with E-state index >= 15 is 0 Å². The Morgan fingerprint density at radius 1 is 1.29 bits per heavy atom. The van der Waals surface area contributed by atoms with Crippen molar-refractivity contribution in [2.45, 2.75) is 18.8 Å². The highest BCUT2D eigenvalue weighted by Gasteiger charge is 2.22. The van der Waals surface area contributed by atoms with E-state index in [2.05, 4.69) is 4.74 Å². The quantitative estimate of drug-likeness (QED) is 0.584. The van der Waals surface area contributed by atoms with Gasteiger partial charge in [0.05, 0.1) is 7.11 Å². The average Bonchev–Trinajstić information content (AvgIpc) is 2.27. The molecule has 0 amide bonds. The zero-order chi connectivity index (χ0) is 12.9. The van der Waals surface area contributed by atoms with E-state index < -0.39 is 22.2 Å². The molecule has 17 heavy (non-hydrogen) atoms. The van der Waals surface area contributed by atoms with Gasteiger partial charge in [-0.2, -0.15) is 8.42 Å². The minimum atomic E-state index is -3.79. The van der Waals surface area contributed by atoms with E-state index in [1.165, 1.54) is 14.0 Å². The Morgan fingerprint density at radius 3 is 2.41 bits per heavy atom. The second-order valence-corrected chi connectivity index (χ2v) is 5.05. The van der Waals surface area contributed by atoms with E-state index in [1.807, 2.05) is 0 Å². The molecular weight excluding hydrogens is 244 g/mol. The summed E-state index contributed by atoms with van der Waals surface area (Å²) in [4.78, 5) is 11.0. The van der Waals surface area contributed by atoms with Crippen molar-refractivity contribution in [3.05, 3.63) is 35.9 Å². The maximum absolute atomic E-state index is 11.6. The molecule has 0 spiro atoms. The molecule has 5 nitrogen and oxygen atoms in total. The second-order valence-electron chi connectivity index (χ2n) is 3.45. The highest BCUT2D eigenvalue weighted by atomic mass is 32.2. The van der Waals surface area contributed by atoms with Crippen molar-refractivity contribution >= 4 is 16.1 Å². The van der Waals surface area contributed by atoms with Crippen LogP contribution in [-0.4, -0.2) is 27.6 Å². The van der Waals surface area contributed by atoms with Crippen molar-refractivity contribution in [1.29, 1.82) is 0 Å². The number of ether oxygens (including phenoxy) is 1. The third-order valence-electron chi connectivity index (χ3n) is 2.01. The Bertz CT molecular complexity index is 466. The Labute approximate surface area is 100 Å².